The zero-order valence-corrected chi connectivity index (χ0v) is 11.6. The molecule has 102 valence electrons. The minimum Gasteiger partial charge on any atom is -0.443 e. The average Bonchev–Trinajstić information content (AvgIpc) is 2.70. The fourth-order valence-electron chi connectivity index (χ4n) is 2.15. The molecule has 0 aliphatic carbocycles. The molecule has 4 heteroatoms. The van der Waals surface area contributed by atoms with Crippen molar-refractivity contribution in [3.63, 3.8) is 0 Å². The number of hydrogen-bond donors (Lipinski definition) is 0. The highest BCUT2D eigenvalue weighted by molar-refractivity contribution is 5.94. The van der Waals surface area contributed by atoms with Crippen molar-refractivity contribution in [1.29, 1.82) is 0 Å². The van der Waals surface area contributed by atoms with E-state index < -0.39 is 11.7 Å². The van der Waals surface area contributed by atoms with Gasteiger partial charge in [-0.2, -0.15) is 0 Å². The molecule has 19 heavy (non-hydrogen) atoms. The smallest absolute Gasteiger partial charge is 0.417 e. The van der Waals surface area contributed by atoms with Crippen molar-refractivity contribution in [2.75, 3.05) is 6.54 Å². The first-order chi connectivity index (χ1) is 8.87. The van der Waals surface area contributed by atoms with Crippen LogP contribution in [0.1, 0.15) is 38.7 Å². The Bertz CT molecular complexity index is 476. The van der Waals surface area contributed by atoms with E-state index in [9.17, 15) is 9.59 Å². The lowest BCUT2D eigenvalue weighted by atomic mass is 9.99. The van der Waals surface area contributed by atoms with Gasteiger partial charge < -0.3 is 4.74 Å². The summed E-state index contributed by atoms with van der Waals surface area (Å²) in [4.78, 5) is 25.1. The minimum atomic E-state index is -0.581. The highest BCUT2D eigenvalue weighted by Crippen LogP contribution is 2.28. The second-order valence-corrected chi connectivity index (χ2v) is 5.80. The van der Waals surface area contributed by atoms with Crippen molar-refractivity contribution in [2.45, 2.75) is 38.7 Å². The van der Waals surface area contributed by atoms with Crippen LogP contribution in [-0.2, 0) is 9.53 Å². The zero-order valence-electron chi connectivity index (χ0n) is 11.6. The number of amides is 2. The van der Waals surface area contributed by atoms with Gasteiger partial charge in [0.25, 0.3) is 0 Å². The molecule has 2 rings (SSSR count). The first-order valence-corrected chi connectivity index (χ1v) is 6.45. The average molecular weight is 261 g/mol. The van der Waals surface area contributed by atoms with E-state index in [1.165, 1.54) is 4.90 Å². The van der Waals surface area contributed by atoms with Crippen LogP contribution in [-0.4, -0.2) is 29.0 Å². The maximum Gasteiger partial charge on any atom is 0.417 e. The van der Waals surface area contributed by atoms with Gasteiger partial charge in [-0.3, -0.25) is 4.79 Å². The summed E-state index contributed by atoms with van der Waals surface area (Å²) in [6, 6.07) is 9.78. The Hall–Kier alpha value is -1.84. The first kappa shape index (κ1) is 13.6. The van der Waals surface area contributed by atoms with Crippen LogP contribution in [0.15, 0.2) is 30.3 Å². The molecule has 1 heterocycles. The molecule has 1 fully saturated rings. The second-order valence-electron chi connectivity index (χ2n) is 5.80. The summed E-state index contributed by atoms with van der Waals surface area (Å²) in [5.74, 6) is -0.0932. The number of likely N-dealkylation sites (tertiary alicyclic amines) is 1. The van der Waals surface area contributed by atoms with Crippen molar-refractivity contribution in [1.82, 2.24) is 4.90 Å². The summed E-state index contributed by atoms with van der Waals surface area (Å²) in [7, 11) is 0. The Balaban J connectivity index is 2.06. The normalized spacial score (nSPS) is 19.6. The number of ether oxygens (including phenoxy) is 1. The van der Waals surface area contributed by atoms with Crippen LogP contribution in [0, 0.1) is 0 Å². The molecule has 4 nitrogen and oxygen atoms in total. The van der Waals surface area contributed by atoms with Crippen LogP contribution in [0.3, 0.4) is 0 Å². The van der Waals surface area contributed by atoms with Crippen LogP contribution in [0.2, 0.25) is 0 Å². The highest BCUT2D eigenvalue weighted by atomic mass is 16.6. The topological polar surface area (TPSA) is 46.6 Å². The number of carbonyl (C=O) groups excluding carboxylic acids is 2. The molecule has 1 saturated heterocycles. The molecule has 0 aromatic heterocycles. The quantitative estimate of drug-likeness (QED) is 0.780. The molecule has 2 amide bonds. The summed E-state index contributed by atoms with van der Waals surface area (Å²) in [6.07, 6.45) is -0.181. The highest BCUT2D eigenvalue weighted by Gasteiger charge is 2.36. The predicted molar refractivity (Wildman–Crippen MR) is 71.7 cm³/mol. The molecular weight excluding hydrogens is 242 g/mol. The number of hydrogen-bond acceptors (Lipinski definition) is 3. The number of nitrogens with zero attached hydrogens (tertiary/aromatic N) is 1. The fourth-order valence-corrected chi connectivity index (χ4v) is 2.15. The van der Waals surface area contributed by atoms with Crippen LogP contribution in [0.5, 0.6) is 0 Å². The van der Waals surface area contributed by atoms with Gasteiger partial charge in [-0.1, -0.05) is 30.3 Å². The molecule has 1 aromatic rings. The summed E-state index contributed by atoms with van der Waals surface area (Å²) >= 11 is 0. The number of carbonyl (C=O) groups is 2. The summed E-state index contributed by atoms with van der Waals surface area (Å²) < 4.78 is 5.24. The molecule has 0 bridgehead atoms. The Morgan fingerprint density at radius 2 is 1.89 bits per heavy atom. The lowest BCUT2D eigenvalue weighted by Crippen LogP contribution is -2.37. The fraction of sp³-hybridized carbons (Fsp3) is 0.467. The van der Waals surface area contributed by atoms with Gasteiger partial charge in [0.05, 0.1) is 0 Å². The minimum absolute atomic E-state index is 0.0706. The molecule has 0 spiro atoms. The van der Waals surface area contributed by atoms with Gasteiger partial charge in [0.1, 0.15) is 5.60 Å². The number of benzene rings is 1. The van der Waals surface area contributed by atoms with Gasteiger partial charge in [0.2, 0.25) is 5.91 Å². The van der Waals surface area contributed by atoms with Crippen LogP contribution < -0.4 is 0 Å². The zero-order chi connectivity index (χ0) is 14.0. The largest absolute Gasteiger partial charge is 0.443 e. The van der Waals surface area contributed by atoms with Crippen LogP contribution >= 0.6 is 0 Å². The lowest BCUT2D eigenvalue weighted by molar-refractivity contribution is -0.126. The molecule has 1 aliphatic rings. The molecule has 1 atom stereocenters. The monoisotopic (exact) mass is 261 g/mol. The molecular formula is C15H19NO3. The number of imide groups is 1. The van der Waals surface area contributed by atoms with Gasteiger partial charge in [-0.05, 0) is 26.3 Å². The molecule has 0 N–H and O–H groups in total. The van der Waals surface area contributed by atoms with Gasteiger partial charge in [-0.25, -0.2) is 9.69 Å². The third-order valence-corrected chi connectivity index (χ3v) is 3.01. The first-order valence-electron chi connectivity index (χ1n) is 6.45. The van der Waals surface area contributed by atoms with Gasteiger partial charge in [-0.15, -0.1) is 0 Å². The Labute approximate surface area is 113 Å². The number of rotatable bonds is 1. The Morgan fingerprint density at radius 3 is 2.47 bits per heavy atom. The van der Waals surface area contributed by atoms with Crippen molar-refractivity contribution in [3.05, 3.63) is 35.9 Å². The molecule has 1 unspecified atom stereocenters. The van der Waals surface area contributed by atoms with E-state index in [4.69, 9.17) is 4.74 Å². The standard InChI is InChI=1S/C15H19NO3/c1-15(2,3)19-14(18)16-10-12(9-13(16)17)11-7-5-4-6-8-11/h4-8,12H,9-10H2,1-3H3. The van der Waals surface area contributed by atoms with Crippen molar-refractivity contribution < 1.29 is 14.3 Å². The van der Waals surface area contributed by atoms with Gasteiger partial charge in [0.15, 0.2) is 0 Å². The third-order valence-electron chi connectivity index (χ3n) is 3.01. The van der Waals surface area contributed by atoms with Crippen molar-refractivity contribution >= 4 is 12.0 Å². The van der Waals surface area contributed by atoms with Crippen LogP contribution in [0.25, 0.3) is 0 Å². The molecule has 1 aromatic carbocycles. The summed E-state index contributed by atoms with van der Waals surface area (Å²) in [5, 5.41) is 0. The van der Waals surface area contributed by atoms with Crippen LogP contribution in [0.4, 0.5) is 4.79 Å². The van der Waals surface area contributed by atoms with Gasteiger partial charge in [0, 0.05) is 18.9 Å². The van der Waals surface area contributed by atoms with Crippen molar-refractivity contribution in [2.24, 2.45) is 0 Å². The van der Waals surface area contributed by atoms with E-state index in [1.54, 1.807) is 20.8 Å². The SMILES string of the molecule is CC(C)(C)OC(=O)N1CC(c2ccccc2)CC1=O. The van der Waals surface area contributed by atoms with E-state index in [1.807, 2.05) is 30.3 Å². The van der Waals surface area contributed by atoms with Crippen molar-refractivity contribution in [3.8, 4) is 0 Å². The van der Waals surface area contributed by atoms with E-state index in [0.717, 1.165) is 5.56 Å². The molecule has 1 aliphatic heterocycles. The Kier molecular flexibility index (Phi) is 3.60. The summed E-state index contributed by atoms with van der Waals surface area (Å²) in [6.45, 7) is 5.78. The van der Waals surface area contributed by atoms with E-state index in [-0.39, 0.29) is 11.8 Å². The summed E-state index contributed by atoms with van der Waals surface area (Å²) in [5.41, 5.74) is 0.504. The van der Waals surface area contributed by atoms with E-state index >= 15 is 0 Å². The Morgan fingerprint density at radius 1 is 1.26 bits per heavy atom. The van der Waals surface area contributed by atoms with E-state index in [0.29, 0.717) is 13.0 Å². The molecule has 0 saturated carbocycles. The second kappa shape index (κ2) is 5.03. The van der Waals surface area contributed by atoms with E-state index in [2.05, 4.69) is 0 Å². The third kappa shape index (κ3) is 3.34. The molecule has 0 radical (unpaired) electrons. The maximum absolute atomic E-state index is 11.9. The van der Waals surface area contributed by atoms with Gasteiger partial charge >= 0.3 is 6.09 Å². The maximum atomic E-state index is 11.9. The predicted octanol–water partition coefficient (Wildman–Crippen LogP) is 2.94. The lowest BCUT2D eigenvalue weighted by Gasteiger charge is -2.23.